The molecule has 1 aromatic rings. The van der Waals surface area contributed by atoms with Gasteiger partial charge in [0.1, 0.15) is 22.2 Å². The Balaban J connectivity index is 1.84. The first-order chi connectivity index (χ1) is 14.6. The van der Waals surface area contributed by atoms with E-state index < -0.39 is 35.8 Å². The summed E-state index contributed by atoms with van der Waals surface area (Å²) in [4.78, 5) is 52.5. The lowest BCUT2D eigenvalue weighted by Gasteiger charge is -2.26. The summed E-state index contributed by atoms with van der Waals surface area (Å²) in [6.45, 7) is 3.62. The van der Waals surface area contributed by atoms with Crippen molar-refractivity contribution in [1.29, 1.82) is 0 Å². The van der Waals surface area contributed by atoms with Crippen molar-refractivity contribution in [2.24, 2.45) is 5.92 Å². The lowest BCUT2D eigenvalue weighted by atomic mass is 10.0. The summed E-state index contributed by atoms with van der Waals surface area (Å²) < 4.78 is 5.28. The highest BCUT2D eigenvalue weighted by Crippen LogP contribution is 2.37. The number of thiocarbonyl (C=S) groups is 1. The number of imide groups is 1. The second-order valence-electron chi connectivity index (χ2n) is 7.63. The number of amides is 3. The third-order valence-electron chi connectivity index (χ3n) is 5.00. The fourth-order valence-electron chi connectivity index (χ4n) is 3.53. The van der Waals surface area contributed by atoms with Gasteiger partial charge in [0.15, 0.2) is 0 Å². The molecule has 2 aliphatic rings. The Morgan fingerprint density at radius 3 is 2.48 bits per heavy atom. The van der Waals surface area contributed by atoms with Gasteiger partial charge in [0.25, 0.3) is 11.8 Å². The largest absolute Gasteiger partial charge is 0.497 e. The summed E-state index contributed by atoms with van der Waals surface area (Å²) in [5, 5.41) is 9.54. The molecule has 3 amide bonds. The molecule has 0 aromatic heterocycles. The summed E-state index contributed by atoms with van der Waals surface area (Å²) in [5.74, 6) is -2.41. The van der Waals surface area contributed by atoms with Crippen LogP contribution in [-0.2, 0) is 19.2 Å². The molecule has 0 bridgehead atoms. The maximum absolute atomic E-state index is 13.0. The van der Waals surface area contributed by atoms with Crippen molar-refractivity contribution < 1.29 is 29.0 Å². The number of nitrogens with zero attached hydrogens (tertiary/aromatic N) is 2. The highest BCUT2D eigenvalue weighted by molar-refractivity contribution is 8.26. The van der Waals surface area contributed by atoms with Crippen molar-refractivity contribution in [3.63, 3.8) is 0 Å². The van der Waals surface area contributed by atoms with Gasteiger partial charge in [-0.3, -0.25) is 24.2 Å². The van der Waals surface area contributed by atoms with E-state index in [0.717, 1.165) is 27.1 Å². The van der Waals surface area contributed by atoms with Gasteiger partial charge in [-0.05, 0) is 36.1 Å². The van der Waals surface area contributed by atoms with Crippen LogP contribution in [0.5, 0.6) is 5.75 Å². The van der Waals surface area contributed by atoms with Crippen LogP contribution in [0.25, 0.3) is 6.08 Å². The van der Waals surface area contributed by atoms with E-state index in [4.69, 9.17) is 17.0 Å². The van der Waals surface area contributed by atoms with Crippen LogP contribution < -0.4 is 4.74 Å². The molecule has 3 rings (SSSR count). The smallest absolute Gasteiger partial charge is 0.326 e. The Hall–Kier alpha value is -2.72. The van der Waals surface area contributed by atoms with Gasteiger partial charge in [0.05, 0.1) is 18.4 Å². The van der Waals surface area contributed by atoms with E-state index in [9.17, 15) is 24.3 Å². The minimum absolute atomic E-state index is 0.0372. The van der Waals surface area contributed by atoms with Crippen LogP contribution in [0.2, 0.25) is 0 Å². The molecule has 2 unspecified atom stereocenters. The van der Waals surface area contributed by atoms with Crippen molar-refractivity contribution in [2.45, 2.75) is 38.8 Å². The SMILES string of the molecule is COc1ccc(C=C2SC(=S)N(C3CC(=O)N(C(CC(C)C)C(=O)O)C3=O)C2=O)cc1. The number of likely N-dealkylation sites (tertiary alicyclic amines) is 1. The minimum Gasteiger partial charge on any atom is -0.497 e. The van der Waals surface area contributed by atoms with Crippen molar-refractivity contribution in [3.05, 3.63) is 34.7 Å². The monoisotopic (exact) mass is 462 g/mol. The number of hydrogen-bond donors (Lipinski definition) is 1. The molecular formula is C21H22N2O6S2. The molecule has 0 radical (unpaired) electrons. The van der Waals surface area contributed by atoms with Gasteiger partial charge in [-0.25, -0.2) is 4.79 Å². The first kappa shape index (κ1) is 23.0. The first-order valence-corrected chi connectivity index (χ1v) is 10.9. The molecule has 10 heteroatoms. The number of methoxy groups -OCH3 is 1. The van der Waals surface area contributed by atoms with Gasteiger partial charge in [0.2, 0.25) is 5.91 Å². The molecule has 1 aromatic carbocycles. The van der Waals surface area contributed by atoms with Crippen LogP contribution in [0, 0.1) is 5.92 Å². The zero-order chi connectivity index (χ0) is 22.9. The average Bonchev–Trinajstić information content (AvgIpc) is 3.14. The number of thioether (sulfide) groups is 1. The summed E-state index contributed by atoms with van der Waals surface area (Å²) in [5.41, 5.74) is 0.750. The van der Waals surface area contributed by atoms with E-state index in [0.29, 0.717) is 10.7 Å². The van der Waals surface area contributed by atoms with E-state index in [1.54, 1.807) is 37.5 Å². The number of ether oxygens (including phenoxy) is 1. The highest BCUT2D eigenvalue weighted by atomic mass is 32.2. The summed E-state index contributed by atoms with van der Waals surface area (Å²) >= 11 is 6.36. The number of rotatable bonds is 7. The standard InChI is InChI=1S/C21H22N2O6S2/c1-11(2)8-15(20(27)28)22-17(24)10-14(18(22)25)23-19(26)16(31-21(23)30)9-12-4-6-13(29-3)7-5-12/h4-7,9,11,14-15H,8,10H2,1-3H3,(H,27,28). The number of aliphatic carboxylic acids is 1. The number of carbonyl (C=O) groups is 4. The Kier molecular flexibility index (Phi) is 6.80. The van der Waals surface area contributed by atoms with E-state index in [1.807, 2.05) is 13.8 Å². The van der Waals surface area contributed by atoms with Crippen molar-refractivity contribution in [2.75, 3.05) is 7.11 Å². The topological polar surface area (TPSA) is 104 Å². The van der Waals surface area contributed by atoms with Gasteiger partial charge >= 0.3 is 5.97 Å². The van der Waals surface area contributed by atoms with Crippen molar-refractivity contribution in [3.8, 4) is 5.75 Å². The number of hydrogen-bond acceptors (Lipinski definition) is 7. The second-order valence-corrected chi connectivity index (χ2v) is 9.31. The van der Waals surface area contributed by atoms with Crippen LogP contribution in [0.15, 0.2) is 29.2 Å². The third kappa shape index (κ3) is 4.64. The minimum atomic E-state index is -1.27. The summed E-state index contributed by atoms with van der Waals surface area (Å²) in [7, 11) is 1.55. The van der Waals surface area contributed by atoms with Crippen LogP contribution >= 0.6 is 24.0 Å². The zero-order valence-corrected chi connectivity index (χ0v) is 18.9. The van der Waals surface area contributed by atoms with Gasteiger partial charge in [-0.1, -0.05) is 50.0 Å². The Bertz CT molecular complexity index is 973. The molecule has 2 fully saturated rings. The summed E-state index contributed by atoms with van der Waals surface area (Å²) in [6, 6.07) is 4.67. The van der Waals surface area contributed by atoms with Gasteiger partial charge in [0, 0.05) is 0 Å². The molecular weight excluding hydrogens is 440 g/mol. The van der Waals surface area contributed by atoms with E-state index in [-0.39, 0.29) is 23.1 Å². The number of benzene rings is 1. The molecule has 1 N–H and O–H groups in total. The van der Waals surface area contributed by atoms with Crippen molar-refractivity contribution in [1.82, 2.24) is 9.80 Å². The van der Waals surface area contributed by atoms with Crippen LogP contribution in [0.1, 0.15) is 32.3 Å². The van der Waals surface area contributed by atoms with Gasteiger partial charge in [-0.2, -0.15) is 0 Å². The van der Waals surface area contributed by atoms with E-state index in [2.05, 4.69) is 0 Å². The zero-order valence-electron chi connectivity index (χ0n) is 17.2. The quantitative estimate of drug-likeness (QED) is 0.375. The van der Waals surface area contributed by atoms with Crippen molar-refractivity contribution >= 4 is 58.1 Å². The van der Waals surface area contributed by atoms with Crippen LogP contribution in [0.4, 0.5) is 0 Å². The summed E-state index contributed by atoms with van der Waals surface area (Å²) in [6.07, 6.45) is 1.49. The van der Waals surface area contributed by atoms with Gasteiger partial charge < -0.3 is 9.84 Å². The molecule has 2 saturated heterocycles. The van der Waals surface area contributed by atoms with E-state index in [1.165, 1.54) is 0 Å². The van der Waals surface area contributed by atoms with E-state index >= 15 is 0 Å². The Morgan fingerprint density at radius 2 is 1.94 bits per heavy atom. The second kappa shape index (κ2) is 9.19. The number of carbonyl (C=O) groups excluding carboxylic acids is 3. The molecule has 2 aliphatic heterocycles. The lowest BCUT2D eigenvalue weighted by Crippen LogP contribution is -2.49. The predicted molar refractivity (Wildman–Crippen MR) is 119 cm³/mol. The fraction of sp³-hybridized carbons (Fsp3) is 0.381. The maximum Gasteiger partial charge on any atom is 0.326 e. The molecule has 164 valence electrons. The number of carboxylic acids is 1. The molecule has 2 heterocycles. The highest BCUT2D eigenvalue weighted by Gasteiger charge is 2.51. The first-order valence-electron chi connectivity index (χ1n) is 9.63. The Labute approximate surface area is 189 Å². The molecule has 0 aliphatic carbocycles. The molecule has 8 nitrogen and oxygen atoms in total. The van der Waals surface area contributed by atoms with Crippen LogP contribution in [-0.4, -0.2) is 62.1 Å². The molecule has 2 atom stereocenters. The third-order valence-corrected chi connectivity index (χ3v) is 6.33. The Morgan fingerprint density at radius 1 is 1.29 bits per heavy atom. The van der Waals surface area contributed by atoms with Crippen LogP contribution in [0.3, 0.4) is 0 Å². The molecule has 0 spiro atoms. The maximum atomic E-state index is 13.0. The number of carboxylic acid groups (broad SMARTS) is 1. The molecule has 0 saturated carbocycles. The fourth-order valence-corrected chi connectivity index (χ4v) is 4.88. The van der Waals surface area contributed by atoms with Gasteiger partial charge in [-0.15, -0.1) is 0 Å². The average molecular weight is 463 g/mol. The lowest BCUT2D eigenvalue weighted by molar-refractivity contribution is -0.155. The normalized spacial score (nSPS) is 21.5. The molecule has 31 heavy (non-hydrogen) atoms. The predicted octanol–water partition coefficient (Wildman–Crippen LogP) is 2.52.